The average Bonchev–Trinajstić information content (AvgIpc) is 2.32. The summed E-state index contributed by atoms with van der Waals surface area (Å²) in [6, 6.07) is 10.6. The van der Waals surface area contributed by atoms with E-state index in [4.69, 9.17) is 0 Å². The highest BCUT2D eigenvalue weighted by Crippen LogP contribution is 2.18. The maximum absolute atomic E-state index is 2.38. The Balaban J connectivity index is 1.87. The van der Waals surface area contributed by atoms with Crippen molar-refractivity contribution in [2.24, 2.45) is 0 Å². The fourth-order valence-electron chi connectivity index (χ4n) is 1.97. The summed E-state index contributed by atoms with van der Waals surface area (Å²) in [6.07, 6.45) is 13.3. The van der Waals surface area contributed by atoms with Gasteiger partial charge in [-0.05, 0) is 37.7 Å². The third-order valence-corrected chi connectivity index (χ3v) is 2.85. The lowest BCUT2D eigenvalue weighted by Crippen LogP contribution is -1.88. The molecule has 78 valence electrons. The second-order valence-electron chi connectivity index (χ2n) is 4.12. The molecule has 1 aliphatic carbocycles. The lowest BCUT2D eigenvalue weighted by molar-refractivity contribution is 0.712. The third-order valence-electron chi connectivity index (χ3n) is 2.85. The van der Waals surface area contributed by atoms with E-state index in [0.717, 1.165) is 6.42 Å². The highest BCUT2D eigenvalue weighted by atomic mass is 14.0. The van der Waals surface area contributed by atoms with E-state index in [1.165, 1.54) is 36.8 Å². The van der Waals surface area contributed by atoms with Crippen molar-refractivity contribution in [2.45, 2.75) is 32.1 Å². The Labute approximate surface area is 92.3 Å². The van der Waals surface area contributed by atoms with Crippen LogP contribution in [0.2, 0.25) is 0 Å². The minimum absolute atomic E-state index is 1.05. The monoisotopic (exact) mass is 198 g/mol. The number of benzene rings is 1. The van der Waals surface area contributed by atoms with Gasteiger partial charge in [-0.25, -0.2) is 0 Å². The largest absolute Gasteiger partial charge is 0.0813 e. The highest BCUT2D eigenvalue weighted by molar-refractivity contribution is 5.23. The van der Waals surface area contributed by atoms with E-state index in [2.05, 4.69) is 48.6 Å². The molecule has 0 bridgehead atoms. The van der Waals surface area contributed by atoms with E-state index in [-0.39, 0.29) is 0 Å². The van der Waals surface area contributed by atoms with E-state index < -0.39 is 0 Å². The van der Waals surface area contributed by atoms with E-state index in [1.807, 2.05) is 0 Å². The number of allylic oxidation sites excluding steroid dienone is 4. The lowest BCUT2D eigenvalue weighted by Gasteiger charge is -2.07. The summed E-state index contributed by atoms with van der Waals surface area (Å²) in [7, 11) is 0. The molecule has 0 saturated heterocycles. The van der Waals surface area contributed by atoms with Crippen molar-refractivity contribution in [3.05, 3.63) is 59.7 Å². The minimum atomic E-state index is 1.05. The Hall–Kier alpha value is -1.30. The summed E-state index contributed by atoms with van der Waals surface area (Å²) >= 11 is 0. The molecule has 0 radical (unpaired) electrons. The molecule has 0 saturated carbocycles. The quantitative estimate of drug-likeness (QED) is 0.679. The molecule has 1 aliphatic rings. The van der Waals surface area contributed by atoms with Gasteiger partial charge in [0, 0.05) is 0 Å². The summed E-state index contributed by atoms with van der Waals surface area (Å²) < 4.78 is 0. The van der Waals surface area contributed by atoms with E-state index in [0.29, 0.717) is 0 Å². The normalized spacial score (nSPS) is 16.7. The predicted octanol–water partition coefficient (Wildman–Crippen LogP) is 4.29. The Morgan fingerprint density at radius 1 is 1.07 bits per heavy atom. The van der Waals surface area contributed by atoms with Crippen LogP contribution in [0.3, 0.4) is 0 Å². The fourth-order valence-corrected chi connectivity index (χ4v) is 1.97. The summed E-state index contributed by atoms with van der Waals surface area (Å²) in [5.74, 6) is 0. The molecule has 0 N–H and O–H groups in total. The zero-order chi connectivity index (χ0) is 10.3. The van der Waals surface area contributed by atoms with Crippen molar-refractivity contribution in [3.63, 3.8) is 0 Å². The van der Waals surface area contributed by atoms with Crippen molar-refractivity contribution in [3.8, 4) is 0 Å². The second-order valence-corrected chi connectivity index (χ2v) is 4.12. The third kappa shape index (κ3) is 3.39. The molecule has 0 spiro atoms. The first-order valence-corrected chi connectivity index (χ1v) is 5.84. The van der Waals surface area contributed by atoms with Gasteiger partial charge in [-0.3, -0.25) is 0 Å². The summed E-state index contributed by atoms with van der Waals surface area (Å²) in [6.45, 7) is 0. The maximum atomic E-state index is 2.38. The zero-order valence-corrected chi connectivity index (χ0v) is 9.15. The molecule has 15 heavy (non-hydrogen) atoms. The molecule has 0 aliphatic heterocycles. The highest BCUT2D eigenvalue weighted by Gasteiger charge is 1.98. The van der Waals surface area contributed by atoms with Crippen molar-refractivity contribution in [2.75, 3.05) is 0 Å². The first-order valence-electron chi connectivity index (χ1n) is 5.84. The molecule has 0 nitrogen and oxygen atoms in total. The molecule has 0 heterocycles. The molecule has 0 heteroatoms. The van der Waals surface area contributed by atoms with Crippen LogP contribution in [-0.2, 0) is 6.42 Å². The molecule has 0 aromatic heterocycles. The standard InChI is InChI=1S/C15H18/c1-3-8-14(9-4-1)12-7-13-15-10-5-2-6-11-15/h1,3-4,7-10,13H,2,5-6,11-12H2/b13-7-. The number of rotatable bonds is 3. The van der Waals surface area contributed by atoms with Gasteiger partial charge in [0.05, 0.1) is 0 Å². The number of hydrogen-bond donors (Lipinski definition) is 0. The van der Waals surface area contributed by atoms with Gasteiger partial charge < -0.3 is 0 Å². The van der Waals surface area contributed by atoms with Gasteiger partial charge in [0.15, 0.2) is 0 Å². The van der Waals surface area contributed by atoms with Gasteiger partial charge in [0.25, 0.3) is 0 Å². The van der Waals surface area contributed by atoms with Crippen LogP contribution < -0.4 is 0 Å². The van der Waals surface area contributed by atoms with Crippen LogP contribution in [-0.4, -0.2) is 0 Å². The molecular weight excluding hydrogens is 180 g/mol. The van der Waals surface area contributed by atoms with Crippen molar-refractivity contribution in [1.29, 1.82) is 0 Å². The molecule has 0 amide bonds. The van der Waals surface area contributed by atoms with Crippen molar-refractivity contribution in [1.82, 2.24) is 0 Å². The van der Waals surface area contributed by atoms with E-state index >= 15 is 0 Å². The fraction of sp³-hybridized carbons (Fsp3) is 0.333. The molecule has 1 aromatic carbocycles. The van der Waals surface area contributed by atoms with Crippen LogP contribution in [0.4, 0.5) is 0 Å². The molecular formula is C15H18. The number of hydrogen-bond acceptors (Lipinski definition) is 0. The van der Waals surface area contributed by atoms with E-state index in [1.54, 1.807) is 0 Å². The Morgan fingerprint density at radius 3 is 2.67 bits per heavy atom. The smallest absolute Gasteiger partial charge is 0.00942 e. The van der Waals surface area contributed by atoms with Gasteiger partial charge in [-0.15, -0.1) is 0 Å². The van der Waals surface area contributed by atoms with E-state index in [9.17, 15) is 0 Å². The van der Waals surface area contributed by atoms with Gasteiger partial charge in [-0.1, -0.05) is 54.1 Å². The topological polar surface area (TPSA) is 0 Å². The molecule has 0 fully saturated rings. The SMILES string of the molecule is C1=C(/C=C\Cc2ccccc2)CCCC1. The van der Waals surface area contributed by atoms with Crippen LogP contribution in [0.1, 0.15) is 31.2 Å². The average molecular weight is 198 g/mol. The Morgan fingerprint density at radius 2 is 1.93 bits per heavy atom. The van der Waals surface area contributed by atoms with Crippen LogP contribution in [0, 0.1) is 0 Å². The van der Waals surface area contributed by atoms with Crippen molar-refractivity contribution < 1.29 is 0 Å². The second kappa shape index (κ2) is 5.55. The lowest BCUT2D eigenvalue weighted by atomic mass is 9.99. The van der Waals surface area contributed by atoms with Crippen LogP contribution in [0.15, 0.2) is 54.1 Å². The summed E-state index contributed by atoms with van der Waals surface area (Å²) in [5.41, 5.74) is 2.92. The first-order chi connectivity index (χ1) is 7.45. The first kappa shape index (κ1) is 10.2. The molecule has 0 atom stereocenters. The molecule has 0 unspecified atom stereocenters. The van der Waals surface area contributed by atoms with Crippen molar-refractivity contribution >= 4 is 0 Å². The van der Waals surface area contributed by atoms with Crippen LogP contribution in [0.25, 0.3) is 0 Å². The zero-order valence-electron chi connectivity index (χ0n) is 9.15. The van der Waals surface area contributed by atoms with Gasteiger partial charge in [0.2, 0.25) is 0 Å². The maximum Gasteiger partial charge on any atom is -0.00942 e. The minimum Gasteiger partial charge on any atom is -0.0813 e. The Bertz CT molecular complexity index is 344. The molecule has 1 aromatic rings. The van der Waals surface area contributed by atoms with Gasteiger partial charge >= 0.3 is 0 Å². The van der Waals surface area contributed by atoms with Crippen LogP contribution in [0.5, 0.6) is 0 Å². The Kier molecular flexibility index (Phi) is 3.78. The summed E-state index contributed by atoms with van der Waals surface area (Å²) in [4.78, 5) is 0. The van der Waals surface area contributed by atoms with Gasteiger partial charge in [-0.2, -0.15) is 0 Å². The summed E-state index contributed by atoms with van der Waals surface area (Å²) in [5, 5.41) is 0. The van der Waals surface area contributed by atoms with Crippen LogP contribution >= 0.6 is 0 Å². The van der Waals surface area contributed by atoms with Gasteiger partial charge in [0.1, 0.15) is 0 Å². The predicted molar refractivity (Wildman–Crippen MR) is 65.8 cm³/mol. The molecule has 2 rings (SSSR count).